The van der Waals surface area contributed by atoms with Crippen molar-refractivity contribution in [3.05, 3.63) is 46.4 Å². The van der Waals surface area contributed by atoms with Crippen molar-refractivity contribution in [1.29, 1.82) is 10.5 Å². The van der Waals surface area contributed by atoms with Crippen LogP contribution >= 0.6 is 0 Å². The smallest absolute Gasteiger partial charge is 0.177 e. The number of fused-ring (bicyclic) bond motifs is 3. The average molecular weight is 232 g/mol. The van der Waals surface area contributed by atoms with Crippen LogP contribution in [0, 0.1) is 29.6 Å². The fourth-order valence-electron chi connectivity index (χ4n) is 2.21. The highest BCUT2D eigenvalue weighted by Crippen LogP contribution is 2.34. The van der Waals surface area contributed by atoms with Crippen LogP contribution in [0.3, 0.4) is 0 Å². The fraction of sp³-hybridized carbons (Fsp3) is 0.143. The molecule has 0 bridgehead atoms. The molecule has 4 heteroatoms. The van der Waals surface area contributed by atoms with Gasteiger partial charge in [0.25, 0.3) is 0 Å². The predicted molar refractivity (Wildman–Crippen MR) is 64.4 cm³/mol. The summed E-state index contributed by atoms with van der Waals surface area (Å²) < 4.78 is 0. The Morgan fingerprint density at radius 2 is 1.83 bits per heavy atom. The Bertz CT molecular complexity index is 748. The third-order valence-corrected chi connectivity index (χ3v) is 3.06. The number of rotatable bonds is 0. The molecule has 0 radical (unpaired) electrons. The first kappa shape index (κ1) is 10.4. The van der Waals surface area contributed by atoms with Gasteiger partial charge in [-0.3, -0.25) is 0 Å². The minimum absolute atomic E-state index is 0.102. The number of benzene rings is 1. The van der Waals surface area contributed by atoms with E-state index in [0.29, 0.717) is 6.42 Å². The van der Waals surface area contributed by atoms with Crippen molar-refractivity contribution in [2.75, 3.05) is 0 Å². The van der Waals surface area contributed by atoms with E-state index in [9.17, 15) is 0 Å². The van der Waals surface area contributed by atoms with Crippen LogP contribution < -0.4 is 0 Å². The van der Waals surface area contributed by atoms with Gasteiger partial charge in [-0.1, -0.05) is 17.7 Å². The maximum Gasteiger partial charge on any atom is 0.177 e. The summed E-state index contributed by atoms with van der Waals surface area (Å²) in [5.74, 6) is 0. The summed E-state index contributed by atoms with van der Waals surface area (Å²) in [6.45, 7) is 2.01. The topological polar surface area (TPSA) is 73.4 Å². The van der Waals surface area contributed by atoms with Gasteiger partial charge in [-0.05, 0) is 18.6 Å². The first-order chi connectivity index (χ1) is 8.72. The van der Waals surface area contributed by atoms with E-state index in [1.807, 2.05) is 37.3 Å². The summed E-state index contributed by atoms with van der Waals surface area (Å²) in [5.41, 5.74) is 5.06. The van der Waals surface area contributed by atoms with Crippen molar-refractivity contribution < 1.29 is 0 Å². The molecule has 1 aromatic carbocycles. The molecule has 18 heavy (non-hydrogen) atoms. The molecule has 0 atom stereocenters. The zero-order valence-electron chi connectivity index (χ0n) is 9.73. The van der Waals surface area contributed by atoms with E-state index >= 15 is 0 Å². The lowest BCUT2D eigenvalue weighted by Gasteiger charge is -2.02. The molecule has 1 aromatic heterocycles. The van der Waals surface area contributed by atoms with Crippen LogP contribution in [0.5, 0.6) is 0 Å². The van der Waals surface area contributed by atoms with Crippen molar-refractivity contribution >= 4 is 0 Å². The zero-order valence-corrected chi connectivity index (χ0v) is 9.73. The molecule has 3 rings (SSSR count). The van der Waals surface area contributed by atoms with Gasteiger partial charge in [-0.2, -0.15) is 10.5 Å². The molecule has 0 saturated heterocycles. The van der Waals surface area contributed by atoms with Gasteiger partial charge in [0, 0.05) is 12.0 Å². The van der Waals surface area contributed by atoms with E-state index in [-0.39, 0.29) is 11.4 Å². The molecular weight excluding hydrogens is 224 g/mol. The fourth-order valence-corrected chi connectivity index (χ4v) is 2.21. The van der Waals surface area contributed by atoms with Gasteiger partial charge >= 0.3 is 0 Å². The van der Waals surface area contributed by atoms with Crippen LogP contribution in [0.1, 0.15) is 28.2 Å². The van der Waals surface area contributed by atoms with Crippen molar-refractivity contribution in [1.82, 2.24) is 9.97 Å². The molecule has 0 saturated carbocycles. The first-order valence-electron chi connectivity index (χ1n) is 5.54. The second-order valence-corrected chi connectivity index (χ2v) is 4.28. The molecule has 84 valence electrons. The number of hydrogen-bond acceptors (Lipinski definition) is 4. The van der Waals surface area contributed by atoms with E-state index in [4.69, 9.17) is 10.5 Å². The molecule has 0 fully saturated rings. The minimum atomic E-state index is 0.102. The van der Waals surface area contributed by atoms with E-state index in [1.165, 1.54) is 0 Å². The standard InChI is InChI=1S/C14H8N4/c1-8-2-3-9-5-11-14(10(9)4-8)18-13(7-16)12(6-15)17-11/h2-4H,5H2,1H3. The molecule has 2 aromatic rings. The second kappa shape index (κ2) is 3.65. The average Bonchev–Trinajstić information content (AvgIpc) is 2.74. The molecule has 0 N–H and O–H groups in total. The Morgan fingerprint density at radius 3 is 2.56 bits per heavy atom. The summed E-state index contributed by atoms with van der Waals surface area (Å²) in [6, 6.07) is 9.98. The molecule has 0 amide bonds. The lowest BCUT2D eigenvalue weighted by Crippen LogP contribution is -1.99. The van der Waals surface area contributed by atoms with Crippen LogP contribution in [0.25, 0.3) is 11.3 Å². The molecule has 0 unspecified atom stereocenters. The molecule has 0 aliphatic heterocycles. The van der Waals surface area contributed by atoms with Crippen LogP contribution in [-0.2, 0) is 6.42 Å². The first-order valence-corrected chi connectivity index (χ1v) is 5.54. The Hall–Kier alpha value is -2.72. The van der Waals surface area contributed by atoms with E-state index in [1.54, 1.807) is 0 Å². The molecular formula is C14H8N4. The quantitative estimate of drug-likeness (QED) is 0.595. The highest BCUT2D eigenvalue weighted by molar-refractivity contribution is 5.73. The Morgan fingerprint density at radius 1 is 1.11 bits per heavy atom. The van der Waals surface area contributed by atoms with Gasteiger partial charge in [0.05, 0.1) is 11.4 Å². The van der Waals surface area contributed by atoms with Crippen LogP contribution in [0.2, 0.25) is 0 Å². The van der Waals surface area contributed by atoms with Gasteiger partial charge in [0.2, 0.25) is 0 Å². The van der Waals surface area contributed by atoms with Gasteiger partial charge in [0.15, 0.2) is 11.4 Å². The van der Waals surface area contributed by atoms with Crippen LogP contribution in [0.15, 0.2) is 18.2 Å². The summed E-state index contributed by atoms with van der Waals surface area (Å²) in [6.07, 6.45) is 0.679. The number of hydrogen-bond donors (Lipinski definition) is 0. The van der Waals surface area contributed by atoms with Crippen molar-refractivity contribution in [2.45, 2.75) is 13.3 Å². The molecule has 0 spiro atoms. The molecule has 1 heterocycles. The third-order valence-electron chi connectivity index (χ3n) is 3.06. The molecule has 4 nitrogen and oxygen atoms in total. The second-order valence-electron chi connectivity index (χ2n) is 4.28. The third kappa shape index (κ3) is 1.37. The van der Waals surface area contributed by atoms with E-state index in [2.05, 4.69) is 9.97 Å². The van der Waals surface area contributed by atoms with Crippen LogP contribution in [-0.4, -0.2) is 9.97 Å². The van der Waals surface area contributed by atoms with Gasteiger partial charge in [-0.25, -0.2) is 9.97 Å². The monoisotopic (exact) mass is 232 g/mol. The number of aryl methyl sites for hydroxylation is 1. The number of nitrogens with zero attached hydrogens (tertiary/aromatic N) is 4. The maximum atomic E-state index is 8.98. The normalized spacial score (nSPS) is 11.3. The van der Waals surface area contributed by atoms with Gasteiger partial charge < -0.3 is 0 Å². The zero-order chi connectivity index (χ0) is 12.7. The number of nitriles is 2. The largest absolute Gasteiger partial charge is 0.237 e. The highest BCUT2D eigenvalue weighted by Gasteiger charge is 2.23. The van der Waals surface area contributed by atoms with E-state index < -0.39 is 0 Å². The predicted octanol–water partition coefficient (Wildman–Crippen LogP) is 2.10. The summed E-state index contributed by atoms with van der Waals surface area (Å²) >= 11 is 0. The van der Waals surface area contributed by atoms with Gasteiger partial charge in [0.1, 0.15) is 12.1 Å². The molecule has 1 aliphatic carbocycles. The highest BCUT2D eigenvalue weighted by atomic mass is 14.9. The van der Waals surface area contributed by atoms with Crippen molar-refractivity contribution in [3.63, 3.8) is 0 Å². The lowest BCUT2D eigenvalue weighted by molar-refractivity contribution is 1.05. The molecule has 1 aliphatic rings. The van der Waals surface area contributed by atoms with Crippen molar-refractivity contribution in [2.24, 2.45) is 0 Å². The van der Waals surface area contributed by atoms with Crippen LogP contribution in [0.4, 0.5) is 0 Å². The summed E-state index contributed by atoms with van der Waals surface area (Å²) in [7, 11) is 0. The Kier molecular flexibility index (Phi) is 2.11. The Balaban J connectivity index is 2.29. The lowest BCUT2D eigenvalue weighted by atomic mass is 10.1. The number of aromatic nitrogens is 2. The summed E-state index contributed by atoms with van der Waals surface area (Å²) in [4.78, 5) is 8.52. The minimum Gasteiger partial charge on any atom is -0.237 e. The van der Waals surface area contributed by atoms with Crippen molar-refractivity contribution in [3.8, 4) is 23.4 Å². The summed E-state index contributed by atoms with van der Waals surface area (Å²) in [5, 5.41) is 17.9. The Labute approximate surface area is 104 Å². The van der Waals surface area contributed by atoms with Gasteiger partial charge in [-0.15, -0.1) is 0 Å². The van der Waals surface area contributed by atoms with E-state index in [0.717, 1.165) is 28.1 Å². The maximum absolute atomic E-state index is 8.98. The SMILES string of the molecule is Cc1ccc2c(c1)-c1nc(C#N)c(C#N)nc1C2.